The number of carbonyl (C=O) groups excluding carboxylic acids is 2. The molecule has 3 rings (SSSR count). The molecule has 2 amide bonds. The van der Waals surface area contributed by atoms with E-state index in [2.05, 4.69) is 5.32 Å². The minimum absolute atomic E-state index is 0.0287. The van der Waals surface area contributed by atoms with Gasteiger partial charge in [0, 0.05) is 37.2 Å². The van der Waals surface area contributed by atoms with Crippen LogP contribution in [0.25, 0.3) is 10.9 Å². The number of nitrogens with zero attached hydrogens (tertiary/aromatic N) is 2. The van der Waals surface area contributed by atoms with Crippen molar-refractivity contribution in [2.24, 2.45) is 0 Å². The van der Waals surface area contributed by atoms with Crippen LogP contribution in [0.3, 0.4) is 0 Å². The largest absolute Gasteiger partial charge is 0.385 e. The second-order valence-electron chi connectivity index (χ2n) is 6.70. The third-order valence-electron chi connectivity index (χ3n) is 4.78. The van der Waals surface area contributed by atoms with Gasteiger partial charge < -0.3 is 24.6 Å². The van der Waals surface area contributed by atoms with Crippen molar-refractivity contribution in [1.29, 1.82) is 0 Å². The van der Waals surface area contributed by atoms with Gasteiger partial charge in [-0.25, -0.2) is 0 Å². The number of rotatable bonds is 4. The number of fused-ring (bicyclic) bond motifs is 1. The summed E-state index contributed by atoms with van der Waals surface area (Å²) >= 11 is 0. The molecule has 0 spiro atoms. The zero-order valence-corrected chi connectivity index (χ0v) is 15.2. The van der Waals surface area contributed by atoms with Gasteiger partial charge in [-0.05, 0) is 13.0 Å². The van der Waals surface area contributed by atoms with Crippen LogP contribution in [0, 0.1) is 0 Å². The first-order chi connectivity index (χ1) is 12.5. The van der Waals surface area contributed by atoms with E-state index in [0.717, 1.165) is 17.4 Å². The minimum Gasteiger partial charge on any atom is -0.385 e. The van der Waals surface area contributed by atoms with Crippen molar-refractivity contribution in [3.8, 4) is 0 Å². The molecule has 140 valence electrons. The highest BCUT2D eigenvalue weighted by molar-refractivity contribution is 6.07. The number of carbonyl (C=O) groups is 2. The lowest BCUT2D eigenvalue weighted by Crippen LogP contribution is -2.49. The third kappa shape index (κ3) is 3.59. The van der Waals surface area contributed by atoms with Crippen molar-refractivity contribution in [1.82, 2.24) is 14.8 Å². The van der Waals surface area contributed by atoms with Crippen molar-refractivity contribution in [2.45, 2.75) is 25.5 Å². The summed E-state index contributed by atoms with van der Waals surface area (Å²) in [6, 6.07) is 7.78. The molecule has 1 aliphatic rings. The standard InChI is InChI=1S/C19H25N3O4/c1-3-21-11-15(14-6-4-5-7-16(14)21)18(24)22-8-9-26-13-19(25,12-22)10-17(23)20-2/h4-7,11,25H,3,8-10,12-13H2,1-2H3,(H,20,23)/t19-/m1/s1. The molecule has 2 N–H and O–H groups in total. The second kappa shape index (κ2) is 7.47. The summed E-state index contributed by atoms with van der Waals surface area (Å²) in [6.07, 6.45) is 1.75. The number of hydrogen-bond acceptors (Lipinski definition) is 4. The molecular weight excluding hydrogens is 334 g/mol. The van der Waals surface area contributed by atoms with Gasteiger partial charge >= 0.3 is 0 Å². The molecular formula is C19H25N3O4. The van der Waals surface area contributed by atoms with Crippen LogP contribution in [-0.4, -0.2) is 65.3 Å². The molecule has 7 heteroatoms. The molecule has 1 aromatic carbocycles. The second-order valence-corrected chi connectivity index (χ2v) is 6.70. The number of hydrogen-bond donors (Lipinski definition) is 2. The lowest BCUT2D eigenvalue weighted by Gasteiger charge is -2.30. The molecule has 0 radical (unpaired) electrons. The topological polar surface area (TPSA) is 83.8 Å². The van der Waals surface area contributed by atoms with E-state index in [-0.39, 0.29) is 31.4 Å². The number of nitrogens with one attached hydrogen (secondary N) is 1. The summed E-state index contributed by atoms with van der Waals surface area (Å²) in [5.74, 6) is -0.442. The van der Waals surface area contributed by atoms with Crippen molar-refractivity contribution in [3.05, 3.63) is 36.0 Å². The SMILES string of the molecule is CCn1cc(C(=O)N2CCOC[C@@](O)(CC(=O)NC)C2)c2ccccc21. The fourth-order valence-electron chi connectivity index (χ4n) is 3.43. The molecule has 7 nitrogen and oxygen atoms in total. The predicted molar refractivity (Wildman–Crippen MR) is 98.0 cm³/mol. The fraction of sp³-hybridized carbons (Fsp3) is 0.474. The Hall–Kier alpha value is -2.38. The smallest absolute Gasteiger partial charge is 0.256 e. The van der Waals surface area contributed by atoms with Gasteiger partial charge in [-0.15, -0.1) is 0 Å². The Morgan fingerprint density at radius 1 is 1.35 bits per heavy atom. The first-order valence-electron chi connectivity index (χ1n) is 8.85. The van der Waals surface area contributed by atoms with Gasteiger partial charge in [0.2, 0.25) is 5.91 Å². The number of aryl methyl sites for hydroxylation is 1. The Morgan fingerprint density at radius 2 is 2.12 bits per heavy atom. The van der Waals surface area contributed by atoms with Gasteiger partial charge in [-0.1, -0.05) is 18.2 Å². The zero-order valence-electron chi connectivity index (χ0n) is 15.2. The summed E-state index contributed by atoms with van der Waals surface area (Å²) in [5.41, 5.74) is 0.215. The summed E-state index contributed by atoms with van der Waals surface area (Å²) in [6.45, 7) is 3.58. The lowest BCUT2D eigenvalue weighted by atomic mass is 9.99. The van der Waals surface area contributed by atoms with E-state index < -0.39 is 5.60 Å². The normalized spacial score (nSPS) is 20.8. The number of benzene rings is 1. The van der Waals surface area contributed by atoms with Gasteiger partial charge in [0.1, 0.15) is 5.60 Å². The number of aliphatic hydroxyl groups is 1. The van der Waals surface area contributed by atoms with Crippen LogP contribution in [0.4, 0.5) is 0 Å². The molecule has 2 aromatic rings. The van der Waals surface area contributed by atoms with Gasteiger partial charge in [-0.3, -0.25) is 9.59 Å². The number of ether oxygens (including phenoxy) is 1. The van der Waals surface area contributed by atoms with Crippen molar-refractivity contribution < 1.29 is 19.4 Å². The zero-order chi connectivity index (χ0) is 18.7. The van der Waals surface area contributed by atoms with E-state index in [9.17, 15) is 14.7 Å². The van der Waals surface area contributed by atoms with E-state index >= 15 is 0 Å². The molecule has 0 saturated carbocycles. The highest BCUT2D eigenvalue weighted by Gasteiger charge is 2.37. The maximum Gasteiger partial charge on any atom is 0.256 e. The summed E-state index contributed by atoms with van der Waals surface area (Å²) in [7, 11) is 1.52. The van der Waals surface area contributed by atoms with Crippen LogP contribution in [0.15, 0.2) is 30.5 Å². The van der Waals surface area contributed by atoms with Crippen LogP contribution >= 0.6 is 0 Å². The molecule has 1 atom stereocenters. The van der Waals surface area contributed by atoms with E-state index in [1.54, 1.807) is 4.90 Å². The first kappa shape index (κ1) is 18.4. The molecule has 1 saturated heterocycles. The Bertz CT molecular complexity index is 816. The molecule has 0 unspecified atom stereocenters. The number of amides is 2. The molecule has 2 heterocycles. The third-order valence-corrected chi connectivity index (χ3v) is 4.78. The predicted octanol–water partition coefficient (Wildman–Crippen LogP) is 1.00. The molecule has 1 aromatic heterocycles. The summed E-state index contributed by atoms with van der Waals surface area (Å²) in [4.78, 5) is 26.5. The van der Waals surface area contributed by atoms with E-state index in [1.165, 1.54) is 7.05 Å². The maximum absolute atomic E-state index is 13.2. The van der Waals surface area contributed by atoms with Crippen LogP contribution < -0.4 is 5.32 Å². The Labute approximate surface area is 152 Å². The highest BCUT2D eigenvalue weighted by Crippen LogP contribution is 2.25. The number of aromatic nitrogens is 1. The maximum atomic E-state index is 13.2. The highest BCUT2D eigenvalue weighted by atomic mass is 16.5. The van der Waals surface area contributed by atoms with Crippen molar-refractivity contribution in [3.63, 3.8) is 0 Å². The molecule has 26 heavy (non-hydrogen) atoms. The quantitative estimate of drug-likeness (QED) is 0.853. The lowest BCUT2D eigenvalue weighted by molar-refractivity contribution is -0.128. The average molecular weight is 359 g/mol. The average Bonchev–Trinajstić information content (AvgIpc) is 2.91. The molecule has 1 fully saturated rings. The van der Waals surface area contributed by atoms with E-state index in [0.29, 0.717) is 18.7 Å². The molecule has 0 aliphatic carbocycles. The number of para-hydroxylation sites is 1. The van der Waals surface area contributed by atoms with Crippen molar-refractivity contribution in [2.75, 3.05) is 33.4 Å². The van der Waals surface area contributed by atoms with E-state index in [4.69, 9.17) is 4.74 Å². The Balaban J connectivity index is 1.90. The van der Waals surface area contributed by atoms with E-state index in [1.807, 2.05) is 42.0 Å². The van der Waals surface area contributed by atoms with Crippen LogP contribution in [0.2, 0.25) is 0 Å². The van der Waals surface area contributed by atoms with Crippen LogP contribution in [-0.2, 0) is 16.1 Å². The van der Waals surface area contributed by atoms with Gasteiger partial charge in [0.05, 0.1) is 31.7 Å². The monoisotopic (exact) mass is 359 g/mol. The Morgan fingerprint density at radius 3 is 2.85 bits per heavy atom. The molecule has 0 bridgehead atoms. The van der Waals surface area contributed by atoms with Crippen molar-refractivity contribution >= 4 is 22.7 Å². The Kier molecular flexibility index (Phi) is 5.29. The van der Waals surface area contributed by atoms with Gasteiger partial charge in [-0.2, -0.15) is 0 Å². The van der Waals surface area contributed by atoms with Gasteiger partial charge in [0.25, 0.3) is 5.91 Å². The minimum atomic E-state index is -1.39. The summed E-state index contributed by atoms with van der Waals surface area (Å²) in [5, 5.41) is 14.2. The molecule has 1 aliphatic heterocycles. The van der Waals surface area contributed by atoms with Crippen LogP contribution in [0.5, 0.6) is 0 Å². The van der Waals surface area contributed by atoms with Gasteiger partial charge in [0.15, 0.2) is 0 Å². The van der Waals surface area contributed by atoms with Crippen LogP contribution in [0.1, 0.15) is 23.7 Å². The summed E-state index contributed by atoms with van der Waals surface area (Å²) < 4.78 is 7.49. The first-order valence-corrected chi connectivity index (χ1v) is 8.85. The number of β-amino-alcohol motifs (C(OH)–C–C–N with tert-alkyl or cyclic N) is 1. The fourth-order valence-corrected chi connectivity index (χ4v) is 3.43.